The number of hydrogen-bond acceptors (Lipinski definition) is 4. The number of aliphatic hydroxyl groups excluding tert-OH is 1. The van der Waals surface area contributed by atoms with Crippen LogP contribution in [0.3, 0.4) is 0 Å². The average Bonchev–Trinajstić information content (AvgIpc) is 2.14. The molecule has 1 aliphatic rings. The van der Waals surface area contributed by atoms with Gasteiger partial charge in [-0.2, -0.15) is 0 Å². The average molecular weight is 165 g/mol. The summed E-state index contributed by atoms with van der Waals surface area (Å²) in [5.41, 5.74) is 0. The van der Waals surface area contributed by atoms with Gasteiger partial charge in [-0.1, -0.05) is 0 Å². The summed E-state index contributed by atoms with van der Waals surface area (Å²) in [5, 5.41) is 12.3. The predicted molar refractivity (Wildman–Crippen MR) is 44.7 cm³/mol. The van der Waals surface area contributed by atoms with Gasteiger partial charge in [-0.25, -0.2) is 9.97 Å². The van der Waals surface area contributed by atoms with Crippen molar-refractivity contribution in [1.29, 1.82) is 0 Å². The zero-order valence-corrected chi connectivity index (χ0v) is 6.64. The molecule has 0 aliphatic heterocycles. The second kappa shape index (κ2) is 3.06. The summed E-state index contributed by atoms with van der Waals surface area (Å²) in [6.07, 6.45) is 5.01. The fourth-order valence-corrected chi connectivity index (χ4v) is 1.19. The molecule has 4 nitrogen and oxygen atoms in total. The molecular weight excluding hydrogens is 154 g/mol. The number of hydrogen-bond donors (Lipinski definition) is 2. The van der Waals surface area contributed by atoms with Crippen LogP contribution in [0.15, 0.2) is 18.5 Å². The van der Waals surface area contributed by atoms with Crippen molar-refractivity contribution in [3.63, 3.8) is 0 Å². The van der Waals surface area contributed by atoms with Gasteiger partial charge in [0.05, 0.1) is 12.1 Å². The molecule has 0 bridgehead atoms. The largest absolute Gasteiger partial charge is 0.391 e. The van der Waals surface area contributed by atoms with Crippen LogP contribution in [-0.2, 0) is 0 Å². The van der Waals surface area contributed by atoms with Gasteiger partial charge in [0.2, 0.25) is 5.95 Å². The van der Waals surface area contributed by atoms with Crippen LogP contribution in [0.25, 0.3) is 0 Å². The predicted octanol–water partition coefficient (Wildman–Crippen LogP) is 0.412. The van der Waals surface area contributed by atoms with E-state index < -0.39 is 0 Å². The van der Waals surface area contributed by atoms with Crippen LogP contribution in [0.4, 0.5) is 5.95 Å². The highest BCUT2D eigenvalue weighted by Gasteiger charge is 2.28. The summed E-state index contributed by atoms with van der Waals surface area (Å²) in [6.45, 7) is 0. The Bertz CT molecular complexity index is 252. The lowest BCUT2D eigenvalue weighted by molar-refractivity contribution is 0.0782. The van der Waals surface area contributed by atoms with Crippen molar-refractivity contribution < 1.29 is 5.11 Å². The van der Waals surface area contributed by atoms with Gasteiger partial charge in [0.15, 0.2) is 0 Å². The molecular formula is C8H11N3O. The van der Waals surface area contributed by atoms with E-state index in [0.29, 0.717) is 5.95 Å². The molecule has 0 aromatic carbocycles. The number of anilines is 1. The number of aliphatic hydroxyl groups is 1. The van der Waals surface area contributed by atoms with E-state index in [1.54, 1.807) is 18.5 Å². The van der Waals surface area contributed by atoms with Crippen LogP contribution in [0.1, 0.15) is 12.8 Å². The Morgan fingerprint density at radius 2 is 2.08 bits per heavy atom. The molecule has 2 unspecified atom stereocenters. The van der Waals surface area contributed by atoms with Crippen molar-refractivity contribution in [3.8, 4) is 0 Å². The van der Waals surface area contributed by atoms with Crippen LogP contribution in [-0.4, -0.2) is 27.2 Å². The quantitative estimate of drug-likeness (QED) is 0.666. The van der Waals surface area contributed by atoms with E-state index in [2.05, 4.69) is 15.3 Å². The SMILES string of the molecule is OC1CCC1Nc1ncccn1. The van der Waals surface area contributed by atoms with Crippen molar-refractivity contribution in [2.75, 3.05) is 5.32 Å². The molecule has 2 N–H and O–H groups in total. The first-order valence-electron chi connectivity index (χ1n) is 4.08. The van der Waals surface area contributed by atoms with Gasteiger partial charge in [0.1, 0.15) is 0 Å². The molecule has 0 spiro atoms. The zero-order chi connectivity index (χ0) is 8.39. The monoisotopic (exact) mass is 165 g/mol. The topological polar surface area (TPSA) is 58.0 Å². The summed E-state index contributed by atoms with van der Waals surface area (Å²) >= 11 is 0. The number of rotatable bonds is 2. The van der Waals surface area contributed by atoms with E-state index in [1.807, 2.05) is 0 Å². The van der Waals surface area contributed by atoms with Crippen LogP contribution in [0.5, 0.6) is 0 Å². The second-order valence-electron chi connectivity index (χ2n) is 2.97. The van der Waals surface area contributed by atoms with E-state index in [4.69, 9.17) is 0 Å². The lowest BCUT2D eigenvalue weighted by atomic mass is 9.89. The molecule has 0 radical (unpaired) electrons. The molecule has 1 aromatic rings. The van der Waals surface area contributed by atoms with Crippen molar-refractivity contribution in [3.05, 3.63) is 18.5 Å². The maximum absolute atomic E-state index is 9.25. The van der Waals surface area contributed by atoms with Crippen LogP contribution in [0.2, 0.25) is 0 Å². The third-order valence-corrected chi connectivity index (χ3v) is 2.12. The summed E-state index contributed by atoms with van der Waals surface area (Å²) in [6, 6.07) is 1.91. The Hall–Kier alpha value is -1.16. The summed E-state index contributed by atoms with van der Waals surface area (Å²) in [4.78, 5) is 8.00. The van der Waals surface area contributed by atoms with Crippen LogP contribution < -0.4 is 5.32 Å². The van der Waals surface area contributed by atoms with Crippen molar-refractivity contribution in [2.24, 2.45) is 0 Å². The van der Waals surface area contributed by atoms with E-state index in [1.165, 1.54) is 0 Å². The fourth-order valence-electron chi connectivity index (χ4n) is 1.19. The number of aromatic nitrogens is 2. The summed E-state index contributed by atoms with van der Waals surface area (Å²) in [7, 11) is 0. The maximum Gasteiger partial charge on any atom is 0.222 e. The molecule has 1 aromatic heterocycles. The Morgan fingerprint density at radius 1 is 1.33 bits per heavy atom. The summed E-state index contributed by atoms with van der Waals surface area (Å²) < 4.78 is 0. The Balaban J connectivity index is 1.95. The first-order chi connectivity index (χ1) is 5.86. The van der Waals surface area contributed by atoms with Gasteiger partial charge in [0.25, 0.3) is 0 Å². The molecule has 1 saturated carbocycles. The van der Waals surface area contributed by atoms with Gasteiger partial charge in [-0.15, -0.1) is 0 Å². The number of nitrogens with one attached hydrogen (secondary N) is 1. The van der Waals surface area contributed by atoms with Gasteiger partial charge in [-0.3, -0.25) is 0 Å². The van der Waals surface area contributed by atoms with Gasteiger partial charge in [0, 0.05) is 12.4 Å². The first kappa shape index (κ1) is 7.49. The maximum atomic E-state index is 9.25. The minimum absolute atomic E-state index is 0.146. The third kappa shape index (κ3) is 1.38. The van der Waals surface area contributed by atoms with Gasteiger partial charge < -0.3 is 10.4 Å². The molecule has 2 rings (SSSR count). The normalized spacial score (nSPS) is 27.8. The molecule has 1 heterocycles. The standard InChI is InChI=1S/C8H11N3O/c12-7-3-2-6(7)11-8-9-4-1-5-10-8/h1,4-7,12H,2-3H2,(H,9,10,11). The molecule has 0 saturated heterocycles. The smallest absolute Gasteiger partial charge is 0.222 e. The highest BCUT2D eigenvalue weighted by Crippen LogP contribution is 2.21. The van der Waals surface area contributed by atoms with Crippen LogP contribution >= 0.6 is 0 Å². The van der Waals surface area contributed by atoms with Crippen molar-refractivity contribution >= 4 is 5.95 Å². The van der Waals surface area contributed by atoms with Gasteiger partial charge in [-0.05, 0) is 18.9 Å². The Kier molecular flexibility index (Phi) is 1.91. The number of nitrogens with zero attached hydrogens (tertiary/aromatic N) is 2. The third-order valence-electron chi connectivity index (χ3n) is 2.12. The minimum Gasteiger partial charge on any atom is -0.391 e. The van der Waals surface area contributed by atoms with E-state index in [0.717, 1.165) is 12.8 Å². The fraction of sp³-hybridized carbons (Fsp3) is 0.500. The van der Waals surface area contributed by atoms with Crippen molar-refractivity contribution in [2.45, 2.75) is 25.0 Å². The molecule has 12 heavy (non-hydrogen) atoms. The summed E-state index contributed by atoms with van der Waals surface area (Å²) in [5.74, 6) is 0.598. The molecule has 1 aliphatic carbocycles. The zero-order valence-electron chi connectivity index (χ0n) is 6.64. The first-order valence-corrected chi connectivity index (χ1v) is 4.08. The molecule has 64 valence electrons. The minimum atomic E-state index is -0.228. The Labute approximate surface area is 70.7 Å². The van der Waals surface area contributed by atoms with E-state index in [9.17, 15) is 5.11 Å². The Morgan fingerprint density at radius 3 is 2.58 bits per heavy atom. The van der Waals surface area contributed by atoms with Gasteiger partial charge >= 0.3 is 0 Å². The highest BCUT2D eigenvalue weighted by molar-refractivity contribution is 5.26. The molecule has 0 amide bonds. The molecule has 4 heteroatoms. The molecule has 1 fully saturated rings. The lowest BCUT2D eigenvalue weighted by Gasteiger charge is -2.32. The second-order valence-corrected chi connectivity index (χ2v) is 2.97. The van der Waals surface area contributed by atoms with Crippen molar-refractivity contribution in [1.82, 2.24) is 9.97 Å². The van der Waals surface area contributed by atoms with Crippen LogP contribution in [0, 0.1) is 0 Å². The highest BCUT2D eigenvalue weighted by atomic mass is 16.3. The molecule has 2 atom stereocenters. The van der Waals surface area contributed by atoms with E-state index in [-0.39, 0.29) is 12.1 Å². The van der Waals surface area contributed by atoms with E-state index >= 15 is 0 Å². The lowest BCUT2D eigenvalue weighted by Crippen LogP contribution is -2.43.